The third kappa shape index (κ3) is 3.79. The lowest BCUT2D eigenvalue weighted by Crippen LogP contribution is -2.48. The molecule has 0 bridgehead atoms. The fourth-order valence-corrected chi connectivity index (χ4v) is 3.85. The Morgan fingerprint density at radius 2 is 1.78 bits per heavy atom. The predicted molar refractivity (Wildman–Crippen MR) is 119 cm³/mol. The number of benzene rings is 2. The summed E-state index contributed by atoms with van der Waals surface area (Å²) in [5.41, 5.74) is 4.75. The molecule has 2 heterocycles. The third-order valence-corrected chi connectivity index (χ3v) is 6.00. The van der Waals surface area contributed by atoms with E-state index in [1.54, 1.807) is 14.0 Å². The molecule has 0 radical (unpaired) electrons. The maximum Gasteiger partial charge on any atom is 0.325 e. The number of nitrogens with zero attached hydrogens (tertiary/aromatic N) is 2. The van der Waals surface area contributed by atoms with Crippen LogP contribution in [0.3, 0.4) is 0 Å². The minimum absolute atomic E-state index is 0.351. The zero-order valence-corrected chi connectivity index (χ0v) is 18.3. The molecule has 2 N–H and O–H groups in total. The molecule has 0 unspecified atom stereocenters. The molecule has 8 heteroatoms. The van der Waals surface area contributed by atoms with Crippen molar-refractivity contribution in [3.8, 4) is 5.75 Å². The maximum atomic E-state index is 13.3. The summed E-state index contributed by atoms with van der Waals surface area (Å²) in [6.07, 6.45) is 2.40. The highest BCUT2D eigenvalue weighted by atomic mass is 16.5. The van der Waals surface area contributed by atoms with Crippen LogP contribution >= 0.6 is 0 Å². The van der Waals surface area contributed by atoms with Crippen LogP contribution in [0.15, 0.2) is 60.7 Å². The van der Waals surface area contributed by atoms with Crippen molar-refractivity contribution >= 4 is 23.5 Å². The van der Waals surface area contributed by atoms with Gasteiger partial charge in [-0.25, -0.2) is 9.80 Å². The van der Waals surface area contributed by atoms with Crippen molar-refractivity contribution in [1.29, 1.82) is 0 Å². The molecule has 0 aromatic heterocycles. The monoisotopic (exact) mass is 434 g/mol. The van der Waals surface area contributed by atoms with Gasteiger partial charge in [-0.3, -0.25) is 19.9 Å². The summed E-state index contributed by atoms with van der Waals surface area (Å²) < 4.78 is 5.24. The number of methoxy groups -OCH3 is 1. The van der Waals surface area contributed by atoms with E-state index in [0.29, 0.717) is 12.2 Å². The summed E-state index contributed by atoms with van der Waals surface area (Å²) in [5.74, 6) is -0.0744. The first kappa shape index (κ1) is 21.4. The van der Waals surface area contributed by atoms with E-state index in [4.69, 9.17) is 4.74 Å². The number of carbonyl (C=O) groups excluding carboxylic acids is 3. The Morgan fingerprint density at radius 1 is 1.09 bits per heavy atom. The molecule has 0 aliphatic carbocycles. The number of hydrogen-bond donors (Lipinski definition) is 2. The van der Waals surface area contributed by atoms with Gasteiger partial charge < -0.3 is 10.1 Å². The lowest BCUT2D eigenvalue weighted by atomic mass is 9.99. The highest BCUT2D eigenvalue weighted by Crippen LogP contribution is 2.32. The molecule has 1 saturated heterocycles. The molecule has 2 aliphatic heterocycles. The Bertz CT molecular complexity index is 1070. The standard InChI is InChI=1S/C24H26N4O4/c1-4-24(2)22(30)27(23(31)25-24)15-21(29)28-20(17-10-12-18(32-3)13-11-17)14-19(26-28)16-8-6-5-7-9-16/h5-14,20,26H,4,15H2,1-3H3,(H,25,31)/t20-,24+/m0/s1. The van der Waals surface area contributed by atoms with E-state index in [2.05, 4.69) is 10.7 Å². The Labute approximate surface area is 186 Å². The molecule has 0 spiro atoms. The molecular formula is C24H26N4O4. The predicted octanol–water partition coefficient (Wildman–Crippen LogP) is 2.84. The fourth-order valence-electron chi connectivity index (χ4n) is 3.85. The van der Waals surface area contributed by atoms with Gasteiger partial charge in [0.1, 0.15) is 17.8 Å². The van der Waals surface area contributed by atoms with Crippen LogP contribution in [0.1, 0.15) is 37.4 Å². The van der Waals surface area contributed by atoms with Gasteiger partial charge >= 0.3 is 6.03 Å². The molecule has 4 rings (SSSR count). The second-order valence-electron chi connectivity index (χ2n) is 8.05. The summed E-state index contributed by atoms with van der Waals surface area (Å²) >= 11 is 0. The second-order valence-corrected chi connectivity index (χ2v) is 8.05. The quantitative estimate of drug-likeness (QED) is 0.683. The van der Waals surface area contributed by atoms with Gasteiger partial charge in [-0.05, 0) is 42.7 Å². The van der Waals surface area contributed by atoms with Gasteiger partial charge in [0.05, 0.1) is 18.8 Å². The van der Waals surface area contributed by atoms with E-state index in [1.807, 2.05) is 67.6 Å². The lowest BCUT2D eigenvalue weighted by molar-refractivity contribution is -0.140. The van der Waals surface area contributed by atoms with Crippen molar-refractivity contribution in [2.75, 3.05) is 13.7 Å². The highest BCUT2D eigenvalue weighted by Gasteiger charge is 2.47. The van der Waals surface area contributed by atoms with Gasteiger partial charge in [0.2, 0.25) is 0 Å². The summed E-state index contributed by atoms with van der Waals surface area (Å²) in [7, 11) is 1.59. The number of amides is 4. The molecule has 2 aliphatic rings. The van der Waals surface area contributed by atoms with Crippen molar-refractivity contribution in [1.82, 2.24) is 20.7 Å². The number of urea groups is 1. The van der Waals surface area contributed by atoms with Crippen LogP contribution in [-0.4, -0.2) is 46.9 Å². The number of rotatable bonds is 6. The number of nitrogens with one attached hydrogen (secondary N) is 2. The van der Waals surface area contributed by atoms with E-state index in [9.17, 15) is 14.4 Å². The number of hydrogen-bond acceptors (Lipinski definition) is 5. The molecule has 0 saturated carbocycles. The Hall–Kier alpha value is -3.81. The topological polar surface area (TPSA) is 91.0 Å². The van der Waals surface area contributed by atoms with E-state index < -0.39 is 29.4 Å². The number of ether oxygens (including phenoxy) is 1. The normalized spacial score (nSPS) is 22.5. The molecule has 4 amide bonds. The summed E-state index contributed by atoms with van der Waals surface area (Å²) in [4.78, 5) is 39.4. The van der Waals surface area contributed by atoms with Gasteiger partial charge in [0.25, 0.3) is 11.8 Å². The lowest BCUT2D eigenvalue weighted by Gasteiger charge is -2.27. The van der Waals surface area contributed by atoms with E-state index in [-0.39, 0.29) is 6.54 Å². The van der Waals surface area contributed by atoms with Gasteiger partial charge in [-0.1, -0.05) is 49.4 Å². The second kappa shape index (κ2) is 8.37. The third-order valence-electron chi connectivity index (χ3n) is 6.00. The van der Waals surface area contributed by atoms with Crippen LogP contribution in [0.25, 0.3) is 5.70 Å². The van der Waals surface area contributed by atoms with E-state index in [1.165, 1.54) is 5.01 Å². The van der Waals surface area contributed by atoms with Gasteiger partial charge in [-0.15, -0.1) is 0 Å². The number of imide groups is 1. The van der Waals surface area contributed by atoms with Crippen molar-refractivity contribution in [3.63, 3.8) is 0 Å². The Kier molecular flexibility index (Phi) is 5.61. The first-order chi connectivity index (χ1) is 15.4. The zero-order chi connectivity index (χ0) is 22.9. The average Bonchev–Trinajstić information content (AvgIpc) is 3.36. The molecular weight excluding hydrogens is 408 g/mol. The molecule has 166 valence electrons. The van der Waals surface area contributed by atoms with Crippen LogP contribution < -0.4 is 15.5 Å². The molecule has 2 atom stereocenters. The number of carbonyl (C=O) groups is 3. The summed E-state index contributed by atoms with van der Waals surface area (Å²) in [6.45, 7) is 3.14. The molecule has 2 aromatic carbocycles. The largest absolute Gasteiger partial charge is 0.497 e. The van der Waals surface area contributed by atoms with E-state index >= 15 is 0 Å². The first-order valence-electron chi connectivity index (χ1n) is 10.5. The van der Waals surface area contributed by atoms with Gasteiger partial charge in [0.15, 0.2) is 0 Å². The molecule has 32 heavy (non-hydrogen) atoms. The van der Waals surface area contributed by atoms with Crippen LogP contribution in [0.2, 0.25) is 0 Å². The highest BCUT2D eigenvalue weighted by molar-refractivity contribution is 6.08. The first-order valence-corrected chi connectivity index (χ1v) is 10.5. The number of hydrazine groups is 1. The average molecular weight is 434 g/mol. The molecule has 1 fully saturated rings. The van der Waals surface area contributed by atoms with Crippen molar-refractivity contribution < 1.29 is 19.1 Å². The Balaban J connectivity index is 1.61. The Morgan fingerprint density at radius 3 is 2.38 bits per heavy atom. The summed E-state index contributed by atoms with van der Waals surface area (Å²) in [5, 5.41) is 4.15. The minimum atomic E-state index is -0.987. The molecule has 2 aromatic rings. The molecule has 8 nitrogen and oxygen atoms in total. The zero-order valence-electron chi connectivity index (χ0n) is 18.3. The van der Waals surface area contributed by atoms with Crippen LogP contribution in [-0.2, 0) is 9.59 Å². The van der Waals surface area contributed by atoms with Crippen LogP contribution in [0, 0.1) is 0 Å². The van der Waals surface area contributed by atoms with E-state index in [0.717, 1.165) is 21.7 Å². The van der Waals surface area contributed by atoms with Crippen molar-refractivity contribution in [2.24, 2.45) is 0 Å². The van der Waals surface area contributed by atoms with Gasteiger partial charge in [0, 0.05) is 0 Å². The van der Waals surface area contributed by atoms with Crippen LogP contribution in [0.4, 0.5) is 4.79 Å². The SMILES string of the molecule is CC[C@@]1(C)NC(=O)N(CC(=O)N2NC(c3ccccc3)=C[C@H]2c2ccc(OC)cc2)C1=O. The van der Waals surface area contributed by atoms with Crippen molar-refractivity contribution in [2.45, 2.75) is 31.8 Å². The van der Waals surface area contributed by atoms with Crippen molar-refractivity contribution in [3.05, 3.63) is 71.8 Å². The van der Waals surface area contributed by atoms with Gasteiger partial charge in [-0.2, -0.15) is 0 Å². The van der Waals surface area contributed by atoms with Crippen LogP contribution in [0.5, 0.6) is 5.75 Å². The minimum Gasteiger partial charge on any atom is -0.497 e. The summed E-state index contributed by atoms with van der Waals surface area (Å²) in [6, 6.07) is 16.1. The smallest absolute Gasteiger partial charge is 0.325 e. The fraction of sp³-hybridized carbons (Fsp3) is 0.292. The maximum absolute atomic E-state index is 13.3.